The predicted octanol–water partition coefficient (Wildman–Crippen LogP) is 2.91. The second-order valence-electron chi connectivity index (χ2n) is 2.70. The standard InChI is InChI=1S/C10H11NO2S/c1-2-12-7-14-10-11-8-5-3-4-6-9(8)13-10/h3-6H,2,7H2,1H3. The molecule has 0 aliphatic carbocycles. The van der Waals surface area contributed by atoms with Crippen LogP contribution in [0.3, 0.4) is 0 Å². The van der Waals surface area contributed by atoms with Gasteiger partial charge in [-0.25, -0.2) is 4.98 Å². The molecule has 0 radical (unpaired) electrons. The lowest BCUT2D eigenvalue weighted by Crippen LogP contribution is -1.87. The lowest BCUT2D eigenvalue weighted by Gasteiger charge is -1.94. The molecule has 0 aliphatic rings. The van der Waals surface area contributed by atoms with Gasteiger partial charge in [-0.3, -0.25) is 0 Å². The number of rotatable bonds is 4. The Labute approximate surface area is 86.5 Å². The Balaban J connectivity index is 2.11. The van der Waals surface area contributed by atoms with Crippen LogP contribution in [0.5, 0.6) is 0 Å². The first-order chi connectivity index (χ1) is 6.90. The zero-order chi connectivity index (χ0) is 9.80. The summed E-state index contributed by atoms with van der Waals surface area (Å²) in [5, 5.41) is 0.666. The summed E-state index contributed by atoms with van der Waals surface area (Å²) in [5.74, 6) is 0.587. The molecule has 0 fully saturated rings. The molecular weight excluding hydrogens is 198 g/mol. The SMILES string of the molecule is CCOCSc1nc2ccccc2o1. The summed E-state index contributed by atoms with van der Waals surface area (Å²) in [4.78, 5) is 4.30. The Kier molecular flexibility index (Phi) is 3.06. The second-order valence-corrected chi connectivity index (χ2v) is 3.58. The Hall–Kier alpha value is -1.00. The van der Waals surface area contributed by atoms with Crippen LogP contribution in [-0.4, -0.2) is 17.5 Å². The van der Waals surface area contributed by atoms with Gasteiger partial charge in [0.15, 0.2) is 5.58 Å². The van der Waals surface area contributed by atoms with Crippen LogP contribution in [0.4, 0.5) is 0 Å². The van der Waals surface area contributed by atoms with Crippen molar-refractivity contribution < 1.29 is 9.15 Å². The summed E-state index contributed by atoms with van der Waals surface area (Å²) in [6.07, 6.45) is 0. The predicted molar refractivity (Wildman–Crippen MR) is 56.4 cm³/mol. The van der Waals surface area contributed by atoms with Crippen molar-refractivity contribution in [2.75, 3.05) is 12.5 Å². The highest BCUT2D eigenvalue weighted by Crippen LogP contribution is 2.22. The molecule has 1 heterocycles. The van der Waals surface area contributed by atoms with Crippen LogP contribution in [0.15, 0.2) is 33.9 Å². The zero-order valence-electron chi connectivity index (χ0n) is 7.90. The highest BCUT2D eigenvalue weighted by molar-refractivity contribution is 7.98. The molecule has 0 aliphatic heterocycles. The van der Waals surface area contributed by atoms with Gasteiger partial charge in [0.05, 0.1) is 0 Å². The van der Waals surface area contributed by atoms with Gasteiger partial charge in [-0.2, -0.15) is 0 Å². The zero-order valence-corrected chi connectivity index (χ0v) is 8.71. The number of hydrogen-bond donors (Lipinski definition) is 0. The first kappa shape index (κ1) is 9.55. The smallest absolute Gasteiger partial charge is 0.259 e. The molecule has 1 aromatic carbocycles. The second kappa shape index (κ2) is 4.48. The van der Waals surface area contributed by atoms with Crippen LogP contribution < -0.4 is 0 Å². The van der Waals surface area contributed by atoms with Crippen molar-refractivity contribution in [3.8, 4) is 0 Å². The van der Waals surface area contributed by atoms with Gasteiger partial charge in [0, 0.05) is 6.61 Å². The number of oxazole rings is 1. The minimum atomic E-state index is 0.587. The molecule has 0 saturated carbocycles. The van der Waals surface area contributed by atoms with Crippen molar-refractivity contribution in [3.05, 3.63) is 24.3 Å². The van der Waals surface area contributed by atoms with Gasteiger partial charge in [-0.1, -0.05) is 12.1 Å². The van der Waals surface area contributed by atoms with Gasteiger partial charge < -0.3 is 9.15 Å². The fourth-order valence-electron chi connectivity index (χ4n) is 1.09. The number of aromatic nitrogens is 1. The number of thioether (sulfide) groups is 1. The minimum absolute atomic E-state index is 0.587. The molecule has 2 aromatic rings. The maximum atomic E-state index is 5.49. The number of hydrogen-bond acceptors (Lipinski definition) is 4. The van der Waals surface area contributed by atoms with E-state index in [4.69, 9.17) is 9.15 Å². The molecule has 0 spiro atoms. The van der Waals surface area contributed by atoms with Crippen molar-refractivity contribution in [1.82, 2.24) is 4.98 Å². The number of para-hydroxylation sites is 2. The van der Waals surface area contributed by atoms with E-state index in [1.807, 2.05) is 31.2 Å². The van der Waals surface area contributed by atoms with Gasteiger partial charge in [-0.15, -0.1) is 0 Å². The topological polar surface area (TPSA) is 35.3 Å². The summed E-state index contributed by atoms with van der Waals surface area (Å²) < 4.78 is 10.7. The number of ether oxygens (including phenoxy) is 1. The van der Waals surface area contributed by atoms with Crippen LogP contribution in [0.1, 0.15) is 6.92 Å². The number of benzene rings is 1. The fourth-order valence-corrected chi connectivity index (χ4v) is 1.75. The summed E-state index contributed by atoms with van der Waals surface area (Å²) in [6.45, 7) is 2.68. The van der Waals surface area contributed by atoms with Crippen molar-refractivity contribution in [2.24, 2.45) is 0 Å². The molecule has 0 unspecified atom stereocenters. The fraction of sp³-hybridized carbons (Fsp3) is 0.300. The molecule has 2 rings (SSSR count). The average Bonchev–Trinajstić information content (AvgIpc) is 2.60. The molecular formula is C10H11NO2S. The first-order valence-electron chi connectivity index (χ1n) is 4.46. The molecule has 0 atom stereocenters. The van der Waals surface area contributed by atoms with E-state index in [0.717, 1.165) is 11.1 Å². The Morgan fingerprint density at radius 1 is 1.43 bits per heavy atom. The number of nitrogens with zero attached hydrogens (tertiary/aromatic N) is 1. The van der Waals surface area contributed by atoms with E-state index in [2.05, 4.69) is 4.98 Å². The van der Waals surface area contributed by atoms with Gasteiger partial charge in [0.2, 0.25) is 0 Å². The molecule has 0 N–H and O–H groups in total. The Morgan fingerprint density at radius 2 is 2.29 bits per heavy atom. The summed E-state index contributed by atoms with van der Waals surface area (Å²) in [5.41, 5.74) is 1.72. The monoisotopic (exact) mass is 209 g/mol. The molecule has 4 heteroatoms. The van der Waals surface area contributed by atoms with E-state index < -0.39 is 0 Å². The molecule has 1 aromatic heterocycles. The van der Waals surface area contributed by atoms with Gasteiger partial charge >= 0.3 is 0 Å². The largest absolute Gasteiger partial charge is 0.431 e. The van der Waals surface area contributed by atoms with E-state index in [-0.39, 0.29) is 0 Å². The molecule has 74 valence electrons. The third-order valence-corrected chi connectivity index (χ3v) is 2.45. The highest BCUT2D eigenvalue weighted by Gasteiger charge is 2.04. The lowest BCUT2D eigenvalue weighted by atomic mass is 10.3. The van der Waals surface area contributed by atoms with Gasteiger partial charge in [-0.05, 0) is 30.8 Å². The van der Waals surface area contributed by atoms with Crippen molar-refractivity contribution >= 4 is 22.9 Å². The van der Waals surface area contributed by atoms with Crippen LogP contribution in [0.2, 0.25) is 0 Å². The van der Waals surface area contributed by atoms with Gasteiger partial charge in [0.25, 0.3) is 5.22 Å². The average molecular weight is 209 g/mol. The van der Waals surface area contributed by atoms with E-state index in [9.17, 15) is 0 Å². The Bertz CT molecular complexity index is 380. The van der Waals surface area contributed by atoms with Crippen molar-refractivity contribution in [3.63, 3.8) is 0 Å². The maximum absolute atomic E-state index is 5.49. The summed E-state index contributed by atoms with van der Waals surface area (Å²) in [7, 11) is 0. The quantitative estimate of drug-likeness (QED) is 0.440. The first-order valence-corrected chi connectivity index (χ1v) is 5.45. The van der Waals surface area contributed by atoms with E-state index in [1.165, 1.54) is 11.8 Å². The maximum Gasteiger partial charge on any atom is 0.259 e. The van der Waals surface area contributed by atoms with Crippen LogP contribution in [-0.2, 0) is 4.74 Å². The molecule has 3 nitrogen and oxygen atoms in total. The van der Waals surface area contributed by atoms with Crippen LogP contribution in [0.25, 0.3) is 11.1 Å². The Morgan fingerprint density at radius 3 is 3.07 bits per heavy atom. The summed E-state index contributed by atoms with van der Waals surface area (Å²) in [6, 6.07) is 7.73. The summed E-state index contributed by atoms with van der Waals surface area (Å²) >= 11 is 1.47. The minimum Gasteiger partial charge on any atom is -0.431 e. The third-order valence-electron chi connectivity index (χ3n) is 1.74. The van der Waals surface area contributed by atoms with E-state index >= 15 is 0 Å². The van der Waals surface area contributed by atoms with Crippen molar-refractivity contribution in [1.29, 1.82) is 0 Å². The molecule has 14 heavy (non-hydrogen) atoms. The third kappa shape index (κ3) is 2.08. The van der Waals surface area contributed by atoms with E-state index in [1.54, 1.807) is 0 Å². The molecule has 0 amide bonds. The van der Waals surface area contributed by atoms with Gasteiger partial charge in [0.1, 0.15) is 11.5 Å². The van der Waals surface area contributed by atoms with Crippen LogP contribution >= 0.6 is 11.8 Å². The normalized spacial score (nSPS) is 10.9. The molecule has 0 saturated heterocycles. The van der Waals surface area contributed by atoms with Crippen LogP contribution in [0, 0.1) is 0 Å². The van der Waals surface area contributed by atoms with Crippen molar-refractivity contribution in [2.45, 2.75) is 12.1 Å². The highest BCUT2D eigenvalue weighted by atomic mass is 32.2. The molecule has 0 bridgehead atoms. The van der Waals surface area contributed by atoms with E-state index in [0.29, 0.717) is 17.8 Å². The lowest BCUT2D eigenvalue weighted by molar-refractivity contribution is 0.198. The number of fused-ring (bicyclic) bond motifs is 1.